The predicted molar refractivity (Wildman–Crippen MR) is 78.1 cm³/mol. The molecule has 9 heteroatoms. The first kappa shape index (κ1) is 18.2. The van der Waals surface area contributed by atoms with Crippen LogP contribution in [-0.2, 0) is 14.8 Å². The van der Waals surface area contributed by atoms with Gasteiger partial charge < -0.3 is 14.4 Å². The molecule has 0 saturated carbocycles. The molecule has 0 aliphatic rings. The summed E-state index contributed by atoms with van der Waals surface area (Å²) >= 11 is 0. The van der Waals surface area contributed by atoms with Crippen LogP contribution in [0, 0.1) is 12.8 Å². The van der Waals surface area contributed by atoms with Gasteiger partial charge in [0.1, 0.15) is 12.3 Å². The molecule has 2 N–H and O–H groups in total. The van der Waals surface area contributed by atoms with E-state index in [0.717, 1.165) is 11.0 Å². The van der Waals surface area contributed by atoms with E-state index in [4.69, 9.17) is 9.52 Å². The fourth-order valence-electron chi connectivity index (χ4n) is 1.89. The summed E-state index contributed by atoms with van der Waals surface area (Å²) in [6, 6.07) is 1.11. The molecule has 0 spiro atoms. The average molecular weight is 332 g/mol. The Morgan fingerprint density at radius 1 is 1.41 bits per heavy atom. The molecule has 1 rings (SSSR count). The highest BCUT2D eigenvalue weighted by Gasteiger charge is 2.27. The van der Waals surface area contributed by atoms with Gasteiger partial charge in [-0.05, 0) is 19.9 Å². The van der Waals surface area contributed by atoms with E-state index in [2.05, 4.69) is 4.72 Å². The fraction of sp³-hybridized carbons (Fsp3) is 0.538. The number of aryl methyl sites for hydroxylation is 1. The van der Waals surface area contributed by atoms with Crippen molar-refractivity contribution in [3.05, 3.63) is 17.4 Å². The first-order chi connectivity index (χ1) is 10.1. The third-order valence-electron chi connectivity index (χ3n) is 2.86. The minimum Gasteiger partial charge on any atom is -0.480 e. The van der Waals surface area contributed by atoms with Crippen molar-refractivity contribution in [3.8, 4) is 0 Å². The molecule has 124 valence electrons. The van der Waals surface area contributed by atoms with Crippen LogP contribution in [-0.4, -0.2) is 50.4 Å². The lowest BCUT2D eigenvalue weighted by atomic mass is 10.1. The Morgan fingerprint density at radius 2 is 2.00 bits per heavy atom. The molecule has 1 amide bonds. The highest BCUT2D eigenvalue weighted by molar-refractivity contribution is 7.89. The number of hydrogen-bond acceptors (Lipinski definition) is 5. The number of carbonyl (C=O) groups excluding carboxylic acids is 1. The van der Waals surface area contributed by atoms with Crippen LogP contribution in [0.2, 0.25) is 0 Å². The molecule has 1 aromatic heterocycles. The number of hydrogen-bond donors (Lipinski definition) is 2. The summed E-state index contributed by atoms with van der Waals surface area (Å²) in [4.78, 5) is 24.5. The molecule has 0 aliphatic carbocycles. The van der Waals surface area contributed by atoms with Crippen LogP contribution in [0.15, 0.2) is 15.6 Å². The minimum absolute atomic E-state index is 0.0377. The zero-order valence-corrected chi connectivity index (χ0v) is 13.7. The summed E-state index contributed by atoms with van der Waals surface area (Å²) in [6.45, 7) is 4.93. The van der Waals surface area contributed by atoms with E-state index in [9.17, 15) is 18.0 Å². The number of rotatable bonds is 7. The van der Waals surface area contributed by atoms with Crippen molar-refractivity contribution in [2.24, 2.45) is 5.92 Å². The Hall–Kier alpha value is -1.87. The van der Waals surface area contributed by atoms with Crippen LogP contribution in [0.25, 0.3) is 0 Å². The number of aliphatic carboxylic acids is 1. The zero-order valence-electron chi connectivity index (χ0n) is 12.9. The van der Waals surface area contributed by atoms with E-state index < -0.39 is 28.4 Å². The fourth-order valence-corrected chi connectivity index (χ4v) is 2.60. The second-order valence-corrected chi connectivity index (χ2v) is 7.03. The smallest absolute Gasteiger partial charge is 0.323 e. The maximum atomic E-state index is 12.5. The van der Waals surface area contributed by atoms with E-state index in [1.807, 2.05) is 13.8 Å². The summed E-state index contributed by atoms with van der Waals surface area (Å²) in [5.74, 6) is -1.53. The SMILES string of the molecule is CNS(=O)(=O)c1cc(C(=O)N(CC(=O)O)CC(C)C)c(C)o1. The van der Waals surface area contributed by atoms with E-state index in [0.29, 0.717) is 0 Å². The molecule has 0 fully saturated rings. The molecule has 0 atom stereocenters. The molecule has 8 nitrogen and oxygen atoms in total. The third-order valence-corrected chi connectivity index (χ3v) is 4.13. The van der Waals surface area contributed by atoms with Crippen molar-refractivity contribution in [2.75, 3.05) is 20.1 Å². The van der Waals surface area contributed by atoms with Crippen LogP contribution >= 0.6 is 0 Å². The largest absolute Gasteiger partial charge is 0.480 e. The summed E-state index contributed by atoms with van der Waals surface area (Å²) in [5.41, 5.74) is 0.0377. The maximum Gasteiger partial charge on any atom is 0.323 e. The van der Waals surface area contributed by atoms with E-state index in [1.165, 1.54) is 14.0 Å². The Labute approximate surface area is 129 Å². The van der Waals surface area contributed by atoms with Gasteiger partial charge in [0, 0.05) is 12.6 Å². The van der Waals surface area contributed by atoms with Gasteiger partial charge in [-0.25, -0.2) is 13.1 Å². The molecule has 0 radical (unpaired) electrons. The van der Waals surface area contributed by atoms with Gasteiger partial charge in [0.05, 0.1) is 5.56 Å². The number of sulfonamides is 1. The molecule has 1 aromatic rings. The molecule has 0 saturated heterocycles. The predicted octanol–water partition coefficient (Wildman–Crippen LogP) is 0.679. The average Bonchev–Trinajstić information content (AvgIpc) is 2.79. The second-order valence-electron chi connectivity index (χ2n) is 5.22. The summed E-state index contributed by atoms with van der Waals surface area (Å²) < 4.78 is 30.6. The standard InChI is InChI=1S/C13H20N2O6S/c1-8(2)6-15(7-11(16)17)13(18)10-5-12(21-9(10)3)22(19,20)14-4/h5,8,14H,6-7H2,1-4H3,(H,16,17). The van der Waals surface area contributed by atoms with Gasteiger partial charge in [0.15, 0.2) is 0 Å². The highest BCUT2D eigenvalue weighted by atomic mass is 32.2. The van der Waals surface area contributed by atoms with Crippen molar-refractivity contribution >= 4 is 21.9 Å². The van der Waals surface area contributed by atoms with Crippen molar-refractivity contribution in [1.29, 1.82) is 0 Å². The summed E-state index contributed by atoms with van der Waals surface area (Å²) in [7, 11) is -2.58. The molecular formula is C13H20N2O6S. The van der Waals surface area contributed by atoms with Gasteiger partial charge in [0.2, 0.25) is 5.09 Å². The quantitative estimate of drug-likeness (QED) is 0.758. The lowest BCUT2D eigenvalue weighted by Crippen LogP contribution is -2.38. The van der Waals surface area contributed by atoms with Crippen LogP contribution < -0.4 is 4.72 Å². The molecule has 1 heterocycles. The molecule has 0 unspecified atom stereocenters. The number of carboxylic acids is 1. The Morgan fingerprint density at radius 3 is 2.45 bits per heavy atom. The number of carbonyl (C=O) groups is 2. The van der Waals surface area contributed by atoms with Crippen molar-refractivity contribution in [1.82, 2.24) is 9.62 Å². The van der Waals surface area contributed by atoms with E-state index >= 15 is 0 Å². The lowest BCUT2D eigenvalue weighted by molar-refractivity contribution is -0.137. The zero-order chi connectivity index (χ0) is 17.1. The van der Waals surface area contributed by atoms with Gasteiger partial charge in [0.25, 0.3) is 15.9 Å². The van der Waals surface area contributed by atoms with Gasteiger partial charge >= 0.3 is 5.97 Å². The van der Waals surface area contributed by atoms with Crippen molar-refractivity contribution in [3.63, 3.8) is 0 Å². The normalized spacial score (nSPS) is 11.7. The summed E-state index contributed by atoms with van der Waals surface area (Å²) in [5, 5.41) is 8.53. The van der Waals surface area contributed by atoms with Crippen LogP contribution in [0.5, 0.6) is 0 Å². The third kappa shape index (κ3) is 4.31. The first-order valence-corrected chi connectivity index (χ1v) is 8.11. The Bertz CT molecular complexity index is 662. The van der Waals surface area contributed by atoms with Crippen LogP contribution in [0.3, 0.4) is 0 Å². The van der Waals surface area contributed by atoms with Gasteiger partial charge in [-0.15, -0.1) is 0 Å². The van der Waals surface area contributed by atoms with Gasteiger partial charge in [-0.2, -0.15) is 0 Å². The Balaban J connectivity index is 3.16. The molecule has 0 bridgehead atoms. The molecule has 0 aliphatic heterocycles. The van der Waals surface area contributed by atoms with Crippen molar-refractivity contribution in [2.45, 2.75) is 25.9 Å². The number of furan rings is 1. The first-order valence-electron chi connectivity index (χ1n) is 6.63. The number of nitrogens with zero attached hydrogens (tertiary/aromatic N) is 1. The molecule has 0 aromatic carbocycles. The number of nitrogens with one attached hydrogen (secondary N) is 1. The maximum absolute atomic E-state index is 12.5. The number of amides is 1. The van der Waals surface area contributed by atoms with Crippen LogP contribution in [0.4, 0.5) is 0 Å². The monoisotopic (exact) mass is 332 g/mol. The van der Waals surface area contributed by atoms with Gasteiger partial charge in [-0.3, -0.25) is 9.59 Å². The molecule has 22 heavy (non-hydrogen) atoms. The number of carboxylic acid groups (broad SMARTS) is 1. The van der Waals surface area contributed by atoms with E-state index in [1.54, 1.807) is 0 Å². The lowest BCUT2D eigenvalue weighted by Gasteiger charge is -2.22. The topological polar surface area (TPSA) is 117 Å². The highest BCUT2D eigenvalue weighted by Crippen LogP contribution is 2.21. The molecular weight excluding hydrogens is 312 g/mol. The van der Waals surface area contributed by atoms with Crippen molar-refractivity contribution < 1.29 is 27.5 Å². The van der Waals surface area contributed by atoms with Gasteiger partial charge in [-0.1, -0.05) is 13.8 Å². The van der Waals surface area contributed by atoms with Crippen LogP contribution in [0.1, 0.15) is 30.0 Å². The minimum atomic E-state index is -3.81. The summed E-state index contributed by atoms with van der Waals surface area (Å²) in [6.07, 6.45) is 0. The second kappa shape index (κ2) is 6.93. The van der Waals surface area contributed by atoms with E-state index in [-0.39, 0.29) is 28.9 Å². The Kier molecular flexibility index (Phi) is 5.72.